The molecule has 1 fully saturated rings. The number of morpholine rings is 1. The third-order valence-corrected chi connectivity index (χ3v) is 4.42. The molecule has 0 aliphatic carbocycles. The molecular formula is C20H19N3O2. The number of benzene rings is 1. The average molecular weight is 333 g/mol. The minimum absolute atomic E-state index is 0.0264. The number of amides is 1. The Hall–Kier alpha value is -2.79. The van der Waals surface area contributed by atoms with Crippen LogP contribution in [0.1, 0.15) is 15.9 Å². The first kappa shape index (κ1) is 15.7. The van der Waals surface area contributed by atoms with Crippen molar-refractivity contribution in [3.8, 4) is 11.4 Å². The van der Waals surface area contributed by atoms with Gasteiger partial charge in [-0.3, -0.25) is 9.78 Å². The van der Waals surface area contributed by atoms with Gasteiger partial charge in [0.25, 0.3) is 5.91 Å². The molecule has 2 aromatic heterocycles. The lowest BCUT2D eigenvalue weighted by atomic mass is 10.0. The Morgan fingerprint density at radius 3 is 2.68 bits per heavy atom. The van der Waals surface area contributed by atoms with Crippen LogP contribution >= 0.6 is 0 Å². The number of rotatable bonds is 2. The molecule has 1 saturated heterocycles. The number of nitrogens with zero attached hydrogens (tertiary/aromatic N) is 3. The molecule has 1 aliphatic rings. The average Bonchev–Trinajstić information content (AvgIpc) is 2.68. The maximum atomic E-state index is 13.1. The molecule has 126 valence electrons. The Balaban J connectivity index is 1.87. The van der Waals surface area contributed by atoms with Crippen LogP contribution in [-0.4, -0.2) is 47.1 Å². The zero-order valence-electron chi connectivity index (χ0n) is 14.1. The monoisotopic (exact) mass is 333 g/mol. The maximum absolute atomic E-state index is 13.1. The normalized spacial score (nSPS) is 14.7. The third-order valence-electron chi connectivity index (χ3n) is 4.42. The minimum atomic E-state index is 0.0264. The van der Waals surface area contributed by atoms with E-state index in [0.717, 1.165) is 22.2 Å². The number of fused-ring (bicyclic) bond motifs is 1. The number of pyridine rings is 2. The highest BCUT2D eigenvalue weighted by Crippen LogP contribution is 2.26. The zero-order valence-corrected chi connectivity index (χ0v) is 14.1. The number of aryl methyl sites for hydroxylation is 1. The van der Waals surface area contributed by atoms with E-state index in [1.54, 1.807) is 6.20 Å². The molecule has 4 rings (SSSR count). The molecule has 0 radical (unpaired) electrons. The van der Waals surface area contributed by atoms with Crippen LogP contribution in [0.15, 0.2) is 48.7 Å². The molecule has 0 saturated carbocycles. The zero-order chi connectivity index (χ0) is 17.2. The molecule has 0 bridgehead atoms. The number of hydrogen-bond donors (Lipinski definition) is 0. The number of aromatic nitrogens is 2. The molecule has 1 aliphatic heterocycles. The quantitative estimate of drug-likeness (QED) is 0.723. The maximum Gasteiger partial charge on any atom is 0.254 e. The smallest absolute Gasteiger partial charge is 0.254 e. The molecule has 3 aromatic rings. The first-order chi connectivity index (χ1) is 12.2. The van der Waals surface area contributed by atoms with E-state index in [4.69, 9.17) is 9.72 Å². The van der Waals surface area contributed by atoms with Gasteiger partial charge >= 0.3 is 0 Å². The van der Waals surface area contributed by atoms with Crippen LogP contribution < -0.4 is 0 Å². The van der Waals surface area contributed by atoms with Crippen molar-refractivity contribution in [2.24, 2.45) is 0 Å². The van der Waals surface area contributed by atoms with Crippen LogP contribution in [0.5, 0.6) is 0 Å². The highest BCUT2D eigenvalue weighted by Gasteiger charge is 2.22. The van der Waals surface area contributed by atoms with Crippen molar-refractivity contribution in [1.82, 2.24) is 14.9 Å². The van der Waals surface area contributed by atoms with E-state index in [-0.39, 0.29) is 5.91 Å². The van der Waals surface area contributed by atoms with Gasteiger partial charge in [-0.25, -0.2) is 4.98 Å². The fraction of sp³-hybridized carbons (Fsp3) is 0.250. The van der Waals surface area contributed by atoms with Crippen molar-refractivity contribution in [3.63, 3.8) is 0 Å². The van der Waals surface area contributed by atoms with Gasteiger partial charge in [0.1, 0.15) is 0 Å². The minimum Gasteiger partial charge on any atom is -0.378 e. The summed E-state index contributed by atoms with van der Waals surface area (Å²) >= 11 is 0. The van der Waals surface area contributed by atoms with Gasteiger partial charge in [-0.15, -0.1) is 0 Å². The van der Waals surface area contributed by atoms with Gasteiger partial charge in [-0.1, -0.05) is 17.7 Å². The van der Waals surface area contributed by atoms with Gasteiger partial charge in [0.15, 0.2) is 0 Å². The Labute approximate surface area is 146 Å². The van der Waals surface area contributed by atoms with Crippen LogP contribution in [-0.2, 0) is 4.74 Å². The summed E-state index contributed by atoms with van der Waals surface area (Å²) in [4.78, 5) is 24.1. The second kappa shape index (κ2) is 6.61. The summed E-state index contributed by atoms with van der Waals surface area (Å²) in [5.41, 5.74) is 4.08. The third kappa shape index (κ3) is 3.10. The Morgan fingerprint density at radius 1 is 1.08 bits per heavy atom. The van der Waals surface area contributed by atoms with Crippen LogP contribution in [0.4, 0.5) is 0 Å². The second-order valence-electron chi connectivity index (χ2n) is 6.20. The molecular weight excluding hydrogens is 314 g/mol. The summed E-state index contributed by atoms with van der Waals surface area (Å²) in [5, 5.41) is 0.885. The fourth-order valence-corrected chi connectivity index (χ4v) is 3.10. The molecule has 0 unspecified atom stereocenters. The van der Waals surface area contributed by atoms with Gasteiger partial charge in [0.05, 0.1) is 35.7 Å². The molecule has 3 heterocycles. The molecule has 0 spiro atoms. The van der Waals surface area contributed by atoms with E-state index in [1.807, 2.05) is 54.3 Å². The standard InChI is InChI=1S/C20H19N3O2/c1-14-5-6-17-15(12-14)16(20(24)23-8-10-25-11-9-23)13-19(22-17)18-4-2-3-7-21-18/h2-7,12-13H,8-11H2,1H3. The molecule has 5 nitrogen and oxygen atoms in total. The van der Waals surface area contributed by atoms with E-state index in [9.17, 15) is 4.79 Å². The van der Waals surface area contributed by atoms with Gasteiger partial charge in [-0.05, 0) is 37.3 Å². The fourth-order valence-electron chi connectivity index (χ4n) is 3.10. The lowest BCUT2D eigenvalue weighted by molar-refractivity contribution is 0.0304. The molecule has 25 heavy (non-hydrogen) atoms. The molecule has 5 heteroatoms. The number of hydrogen-bond acceptors (Lipinski definition) is 4. The van der Waals surface area contributed by atoms with Crippen molar-refractivity contribution in [3.05, 3.63) is 59.8 Å². The predicted molar refractivity (Wildman–Crippen MR) is 96.4 cm³/mol. The second-order valence-corrected chi connectivity index (χ2v) is 6.20. The van der Waals surface area contributed by atoms with Crippen LogP contribution in [0.2, 0.25) is 0 Å². The first-order valence-corrected chi connectivity index (χ1v) is 8.42. The number of ether oxygens (including phenoxy) is 1. The lowest BCUT2D eigenvalue weighted by Crippen LogP contribution is -2.40. The van der Waals surface area contributed by atoms with E-state index >= 15 is 0 Å². The van der Waals surface area contributed by atoms with Crippen molar-refractivity contribution >= 4 is 16.8 Å². The summed E-state index contributed by atoms with van der Waals surface area (Å²) in [7, 11) is 0. The van der Waals surface area contributed by atoms with Gasteiger partial charge < -0.3 is 9.64 Å². The summed E-state index contributed by atoms with van der Waals surface area (Å²) in [6.07, 6.45) is 1.74. The number of carbonyl (C=O) groups is 1. The molecule has 0 N–H and O–H groups in total. The molecule has 1 amide bonds. The van der Waals surface area contributed by atoms with Crippen molar-refractivity contribution in [1.29, 1.82) is 0 Å². The van der Waals surface area contributed by atoms with Crippen molar-refractivity contribution in [2.45, 2.75) is 6.92 Å². The van der Waals surface area contributed by atoms with Crippen molar-refractivity contribution in [2.75, 3.05) is 26.3 Å². The Morgan fingerprint density at radius 2 is 1.92 bits per heavy atom. The van der Waals surface area contributed by atoms with Crippen LogP contribution in [0.3, 0.4) is 0 Å². The largest absolute Gasteiger partial charge is 0.378 e. The topological polar surface area (TPSA) is 55.3 Å². The first-order valence-electron chi connectivity index (χ1n) is 8.42. The summed E-state index contributed by atoms with van der Waals surface area (Å²) in [6.45, 7) is 4.43. The summed E-state index contributed by atoms with van der Waals surface area (Å²) in [5.74, 6) is 0.0264. The molecule has 0 atom stereocenters. The van der Waals surface area contributed by atoms with E-state index in [0.29, 0.717) is 37.6 Å². The summed E-state index contributed by atoms with van der Waals surface area (Å²) < 4.78 is 5.37. The Kier molecular flexibility index (Phi) is 4.15. The number of carbonyl (C=O) groups excluding carboxylic acids is 1. The summed E-state index contributed by atoms with van der Waals surface area (Å²) in [6, 6.07) is 13.6. The molecule has 1 aromatic carbocycles. The predicted octanol–water partition coefficient (Wildman–Crippen LogP) is 3.08. The van der Waals surface area contributed by atoms with Gasteiger partial charge in [-0.2, -0.15) is 0 Å². The van der Waals surface area contributed by atoms with E-state index in [1.165, 1.54) is 0 Å². The van der Waals surface area contributed by atoms with E-state index in [2.05, 4.69) is 4.98 Å². The van der Waals surface area contributed by atoms with Gasteiger partial charge in [0, 0.05) is 24.7 Å². The van der Waals surface area contributed by atoms with Crippen LogP contribution in [0, 0.1) is 6.92 Å². The van der Waals surface area contributed by atoms with Gasteiger partial charge in [0.2, 0.25) is 0 Å². The lowest BCUT2D eigenvalue weighted by Gasteiger charge is -2.27. The highest BCUT2D eigenvalue weighted by atomic mass is 16.5. The van der Waals surface area contributed by atoms with E-state index < -0.39 is 0 Å². The highest BCUT2D eigenvalue weighted by molar-refractivity contribution is 6.07. The Bertz CT molecular complexity index is 919. The van der Waals surface area contributed by atoms with Crippen LogP contribution in [0.25, 0.3) is 22.3 Å². The van der Waals surface area contributed by atoms with Crippen molar-refractivity contribution < 1.29 is 9.53 Å². The SMILES string of the molecule is Cc1ccc2nc(-c3ccccn3)cc(C(=O)N3CCOCC3)c2c1.